The predicted molar refractivity (Wildman–Crippen MR) is 61.3 cm³/mol. The molecule has 0 fully saturated rings. The van der Waals surface area contributed by atoms with E-state index in [0.29, 0.717) is 12.2 Å². The Labute approximate surface area is 90.8 Å². The molecule has 84 valence electrons. The van der Waals surface area contributed by atoms with E-state index in [9.17, 15) is 8.42 Å². The summed E-state index contributed by atoms with van der Waals surface area (Å²) in [4.78, 5) is 3.98. The van der Waals surface area contributed by atoms with Gasteiger partial charge < -0.3 is 0 Å². The van der Waals surface area contributed by atoms with Gasteiger partial charge in [-0.25, -0.2) is 13.4 Å². The van der Waals surface area contributed by atoms with Crippen LogP contribution in [-0.2, 0) is 10.0 Å². The molecule has 4 nitrogen and oxygen atoms in total. The number of aryl methyl sites for hydroxylation is 1. The van der Waals surface area contributed by atoms with Gasteiger partial charge in [-0.1, -0.05) is 19.4 Å². The minimum atomic E-state index is -3.23. The molecule has 1 rings (SSSR count). The molecule has 15 heavy (non-hydrogen) atoms. The molecule has 1 heterocycles. The second-order valence-corrected chi connectivity index (χ2v) is 5.29. The number of pyridine rings is 1. The molecule has 1 aromatic heterocycles. The van der Waals surface area contributed by atoms with Gasteiger partial charge in [0.1, 0.15) is 5.82 Å². The first-order valence-corrected chi connectivity index (χ1v) is 6.62. The predicted octanol–water partition coefficient (Wildman–Crippen LogP) is 1.93. The van der Waals surface area contributed by atoms with E-state index in [1.807, 2.05) is 19.9 Å². The zero-order valence-corrected chi connectivity index (χ0v) is 9.84. The Bertz CT molecular complexity index is 415. The van der Waals surface area contributed by atoms with Gasteiger partial charge in [-0.05, 0) is 25.0 Å². The fraction of sp³-hybridized carbons (Fsp3) is 0.500. The van der Waals surface area contributed by atoms with Gasteiger partial charge in [0.25, 0.3) is 0 Å². The highest BCUT2D eigenvalue weighted by Crippen LogP contribution is 2.11. The van der Waals surface area contributed by atoms with Gasteiger partial charge in [-0.3, -0.25) is 4.72 Å². The van der Waals surface area contributed by atoms with Crippen molar-refractivity contribution in [3.05, 3.63) is 23.9 Å². The number of sulfonamides is 1. The van der Waals surface area contributed by atoms with Gasteiger partial charge in [-0.15, -0.1) is 0 Å². The largest absolute Gasteiger partial charge is 0.267 e. The Balaban J connectivity index is 2.74. The number of nitrogens with zero attached hydrogens (tertiary/aromatic N) is 1. The van der Waals surface area contributed by atoms with Crippen molar-refractivity contribution in [3.8, 4) is 0 Å². The van der Waals surface area contributed by atoms with E-state index >= 15 is 0 Å². The molecular formula is C10H16N2O2S. The Hall–Kier alpha value is -1.10. The lowest BCUT2D eigenvalue weighted by atomic mass is 10.3. The Morgan fingerprint density at radius 1 is 1.47 bits per heavy atom. The molecule has 0 aliphatic carbocycles. The maximum atomic E-state index is 11.6. The lowest BCUT2D eigenvalue weighted by molar-refractivity contribution is 0.597. The highest BCUT2D eigenvalue weighted by molar-refractivity contribution is 7.92. The van der Waals surface area contributed by atoms with Gasteiger partial charge in [0, 0.05) is 6.20 Å². The molecule has 0 spiro atoms. The first-order valence-electron chi connectivity index (χ1n) is 4.97. The number of hydrogen-bond acceptors (Lipinski definition) is 3. The summed E-state index contributed by atoms with van der Waals surface area (Å²) in [6.45, 7) is 3.78. The molecule has 1 N–H and O–H groups in total. The first kappa shape index (κ1) is 12.0. The summed E-state index contributed by atoms with van der Waals surface area (Å²) < 4.78 is 25.6. The summed E-state index contributed by atoms with van der Waals surface area (Å²) in [6.07, 6.45) is 3.11. The number of unbranched alkanes of at least 4 members (excludes halogenated alkanes) is 1. The molecule has 0 bridgehead atoms. The summed E-state index contributed by atoms with van der Waals surface area (Å²) >= 11 is 0. The van der Waals surface area contributed by atoms with Crippen molar-refractivity contribution < 1.29 is 8.42 Å². The third kappa shape index (κ3) is 3.87. The maximum absolute atomic E-state index is 11.6. The van der Waals surface area contributed by atoms with E-state index in [0.717, 1.165) is 12.0 Å². The Morgan fingerprint density at radius 2 is 2.20 bits per heavy atom. The van der Waals surface area contributed by atoms with Crippen LogP contribution in [0, 0.1) is 6.92 Å². The quantitative estimate of drug-likeness (QED) is 0.837. The van der Waals surface area contributed by atoms with Gasteiger partial charge in [0.05, 0.1) is 5.75 Å². The Kier molecular flexibility index (Phi) is 4.08. The van der Waals surface area contributed by atoms with Crippen molar-refractivity contribution >= 4 is 15.8 Å². The molecule has 0 amide bonds. The average molecular weight is 228 g/mol. The third-order valence-corrected chi connectivity index (χ3v) is 3.36. The Morgan fingerprint density at radius 3 is 2.80 bits per heavy atom. The highest BCUT2D eigenvalue weighted by Gasteiger charge is 2.11. The fourth-order valence-electron chi connectivity index (χ4n) is 1.13. The van der Waals surface area contributed by atoms with Crippen LogP contribution in [0.25, 0.3) is 0 Å². The van der Waals surface area contributed by atoms with Crippen LogP contribution in [0.15, 0.2) is 18.3 Å². The molecule has 1 aromatic rings. The average Bonchev–Trinajstić information content (AvgIpc) is 2.18. The van der Waals surface area contributed by atoms with Crippen LogP contribution in [0.3, 0.4) is 0 Å². The SMILES string of the molecule is CCCCS(=O)(=O)Nc1ncccc1C. The van der Waals surface area contributed by atoms with Crippen molar-refractivity contribution in [1.29, 1.82) is 0 Å². The third-order valence-electron chi connectivity index (χ3n) is 2.03. The maximum Gasteiger partial charge on any atom is 0.233 e. The first-order chi connectivity index (χ1) is 7.05. The molecule has 0 unspecified atom stereocenters. The minimum absolute atomic E-state index is 0.152. The van der Waals surface area contributed by atoms with Gasteiger partial charge >= 0.3 is 0 Å². The molecule has 5 heteroatoms. The molecule has 0 radical (unpaired) electrons. The smallest absolute Gasteiger partial charge is 0.233 e. The lowest BCUT2D eigenvalue weighted by Gasteiger charge is -2.08. The van der Waals surface area contributed by atoms with Crippen LogP contribution in [0.1, 0.15) is 25.3 Å². The van der Waals surface area contributed by atoms with Gasteiger partial charge in [0.2, 0.25) is 10.0 Å². The molecular weight excluding hydrogens is 212 g/mol. The number of anilines is 1. The van der Waals surface area contributed by atoms with E-state index in [2.05, 4.69) is 9.71 Å². The molecule has 0 saturated carbocycles. The summed E-state index contributed by atoms with van der Waals surface area (Å²) in [6, 6.07) is 3.60. The van der Waals surface area contributed by atoms with Crippen LogP contribution >= 0.6 is 0 Å². The van der Waals surface area contributed by atoms with E-state index in [-0.39, 0.29) is 5.75 Å². The topological polar surface area (TPSA) is 59.1 Å². The minimum Gasteiger partial charge on any atom is -0.267 e. The lowest BCUT2D eigenvalue weighted by Crippen LogP contribution is -2.17. The second kappa shape index (κ2) is 5.11. The van der Waals surface area contributed by atoms with Crippen molar-refractivity contribution in [2.45, 2.75) is 26.7 Å². The van der Waals surface area contributed by atoms with Crippen LogP contribution in [0.5, 0.6) is 0 Å². The fourth-order valence-corrected chi connectivity index (χ4v) is 2.40. The van der Waals surface area contributed by atoms with Crippen LogP contribution in [0.4, 0.5) is 5.82 Å². The van der Waals surface area contributed by atoms with E-state index in [1.165, 1.54) is 0 Å². The summed E-state index contributed by atoms with van der Waals surface area (Å²) in [7, 11) is -3.23. The molecule has 0 saturated heterocycles. The van der Waals surface area contributed by atoms with Crippen molar-refractivity contribution in [2.24, 2.45) is 0 Å². The van der Waals surface area contributed by atoms with E-state index in [4.69, 9.17) is 0 Å². The zero-order chi connectivity index (χ0) is 11.3. The molecule has 0 aliphatic rings. The zero-order valence-electron chi connectivity index (χ0n) is 9.03. The number of aromatic nitrogens is 1. The van der Waals surface area contributed by atoms with Crippen LogP contribution in [-0.4, -0.2) is 19.2 Å². The number of nitrogens with one attached hydrogen (secondary N) is 1. The number of rotatable bonds is 5. The van der Waals surface area contributed by atoms with E-state index in [1.54, 1.807) is 12.3 Å². The standard InChI is InChI=1S/C10H16N2O2S/c1-3-4-8-15(13,14)12-10-9(2)6-5-7-11-10/h5-7H,3-4,8H2,1-2H3,(H,11,12). The molecule has 0 atom stereocenters. The summed E-state index contributed by atoms with van der Waals surface area (Å²) in [5, 5.41) is 0. The molecule has 0 aromatic carbocycles. The summed E-state index contributed by atoms with van der Waals surface area (Å²) in [5.74, 6) is 0.577. The monoisotopic (exact) mass is 228 g/mol. The van der Waals surface area contributed by atoms with Crippen LogP contribution in [0.2, 0.25) is 0 Å². The van der Waals surface area contributed by atoms with E-state index < -0.39 is 10.0 Å². The normalized spacial score (nSPS) is 11.3. The van der Waals surface area contributed by atoms with Gasteiger partial charge in [-0.2, -0.15) is 0 Å². The second-order valence-electron chi connectivity index (χ2n) is 3.44. The number of hydrogen-bond donors (Lipinski definition) is 1. The van der Waals surface area contributed by atoms with Crippen molar-refractivity contribution in [1.82, 2.24) is 4.98 Å². The van der Waals surface area contributed by atoms with Crippen molar-refractivity contribution in [3.63, 3.8) is 0 Å². The van der Waals surface area contributed by atoms with Gasteiger partial charge in [0.15, 0.2) is 0 Å². The summed E-state index contributed by atoms with van der Waals surface area (Å²) in [5.41, 5.74) is 0.831. The highest BCUT2D eigenvalue weighted by atomic mass is 32.2. The van der Waals surface area contributed by atoms with Crippen molar-refractivity contribution in [2.75, 3.05) is 10.5 Å². The molecule has 0 aliphatic heterocycles. The van der Waals surface area contributed by atoms with Crippen LogP contribution < -0.4 is 4.72 Å².